The van der Waals surface area contributed by atoms with Gasteiger partial charge in [0.05, 0.1) is 24.6 Å². The number of hydrogen-bond acceptors (Lipinski definition) is 7. The Morgan fingerprint density at radius 1 is 0.955 bits per heavy atom. The van der Waals surface area contributed by atoms with Crippen molar-refractivity contribution in [1.82, 2.24) is 4.90 Å². The number of carbonyl (C=O) groups is 5. The molecule has 3 aromatic carbocycles. The van der Waals surface area contributed by atoms with Gasteiger partial charge in [0.15, 0.2) is 9.75 Å². The number of halogens is 3. The molecule has 2 aliphatic carbocycles. The van der Waals surface area contributed by atoms with Crippen molar-refractivity contribution < 1.29 is 38.2 Å². The summed E-state index contributed by atoms with van der Waals surface area (Å²) in [6, 6.07) is 15.0. The molecule has 2 heterocycles. The van der Waals surface area contributed by atoms with Crippen LogP contribution in [0.15, 0.2) is 72.3 Å². The Balaban J connectivity index is 1.46. The van der Waals surface area contributed by atoms with E-state index in [1.807, 2.05) is 0 Å². The molecule has 44 heavy (non-hydrogen) atoms. The first-order chi connectivity index (χ1) is 21.0. The fourth-order valence-electron chi connectivity index (χ4n) is 7.52. The number of carbonyl (C=O) groups excluding carboxylic acids is 5. The summed E-state index contributed by atoms with van der Waals surface area (Å²) in [5, 5.41) is 12.8. The third-order valence-corrected chi connectivity index (χ3v) is 10.9. The summed E-state index contributed by atoms with van der Waals surface area (Å²) in [5.74, 6) is -8.29. The third kappa shape index (κ3) is 3.49. The highest BCUT2D eigenvalue weighted by atomic mass is 35.5. The van der Waals surface area contributed by atoms with Gasteiger partial charge in [-0.25, -0.2) is 14.1 Å². The number of hydrogen-bond donors (Lipinski definition) is 1. The van der Waals surface area contributed by atoms with Crippen molar-refractivity contribution in [3.8, 4) is 5.75 Å². The molecular weight excluding hydrogens is 614 g/mol. The topological polar surface area (TPSA) is 121 Å². The molecule has 0 aromatic heterocycles. The van der Waals surface area contributed by atoms with Crippen LogP contribution in [0, 0.1) is 23.6 Å². The Hall–Kier alpha value is -4.28. The molecule has 0 radical (unpaired) electrons. The van der Waals surface area contributed by atoms with Gasteiger partial charge in [-0.3, -0.25) is 19.2 Å². The third-order valence-electron chi connectivity index (χ3n) is 9.50. The molecule has 3 fully saturated rings. The zero-order valence-corrected chi connectivity index (χ0v) is 24.5. The van der Waals surface area contributed by atoms with E-state index in [1.54, 1.807) is 42.5 Å². The number of benzene rings is 3. The molecule has 224 valence electrons. The van der Waals surface area contributed by atoms with E-state index >= 15 is 0 Å². The van der Waals surface area contributed by atoms with E-state index in [9.17, 15) is 33.5 Å². The Morgan fingerprint density at radius 2 is 1.66 bits per heavy atom. The number of imide groups is 4. The van der Waals surface area contributed by atoms with Crippen molar-refractivity contribution in [2.45, 2.75) is 28.5 Å². The van der Waals surface area contributed by atoms with Crippen molar-refractivity contribution in [3.05, 3.63) is 83.7 Å². The average Bonchev–Trinajstić information content (AvgIpc) is 3.36. The first-order valence-corrected chi connectivity index (χ1v) is 14.6. The molecule has 1 N–H and O–H groups in total. The monoisotopic (exact) mass is 636 g/mol. The molecule has 0 spiro atoms. The highest BCUT2D eigenvalue weighted by molar-refractivity contribution is 6.58. The fraction of sp³-hybridized carbons (Fsp3) is 0.281. The number of rotatable bonds is 2. The minimum atomic E-state index is -2.21. The lowest BCUT2D eigenvalue weighted by molar-refractivity contribution is -0.138. The summed E-state index contributed by atoms with van der Waals surface area (Å²) in [4.78, 5) is 64.9. The number of nitrogens with zero attached hydrogens (tertiary/aromatic N) is 2. The molecular formula is C32H23Cl2FN2O7. The van der Waals surface area contributed by atoms with Crippen LogP contribution < -0.4 is 4.90 Å². The van der Waals surface area contributed by atoms with Gasteiger partial charge < -0.3 is 9.84 Å². The number of anilines is 1. The molecule has 7 rings (SSSR count). The van der Waals surface area contributed by atoms with Crippen LogP contribution in [0.4, 0.5) is 14.9 Å². The highest BCUT2D eigenvalue weighted by Gasteiger charge is 2.77. The number of fused-ring (bicyclic) bond motifs is 5. The largest absolute Gasteiger partial charge is 0.507 e. The predicted molar refractivity (Wildman–Crippen MR) is 156 cm³/mol. The summed E-state index contributed by atoms with van der Waals surface area (Å²) in [5.41, 5.74) is 0.677. The smallest absolute Gasteiger partial charge is 0.423 e. The van der Waals surface area contributed by atoms with Crippen molar-refractivity contribution in [2.75, 3.05) is 12.0 Å². The second kappa shape index (κ2) is 9.61. The van der Waals surface area contributed by atoms with Gasteiger partial charge in [0, 0.05) is 16.9 Å². The molecule has 4 aliphatic rings. The van der Waals surface area contributed by atoms with Crippen LogP contribution in [0.1, 0.15) is 24.3 Å². The van der Waals surface area contributed by atoms with Crippen molar-refractivity contribution in [3.63, 3.8) is 0 Å². The SMILES string of the molecule is COC(=O)N1C(=O)[C@H]2[C@H](CC=C3[C@H]2C[C@@]2(Cl)C(=O)N(c4ccc(F)cc4)C(=O)[C@@]2(Cl)[C@H]3c2ccc3ccccc3c2O)C1=O. The lowest BCUT2D eigenvalue weighted by atomic mass is 9.56. The van der Waals surface area contributed by atoms with E-state index in [1.165, 1.54) is 12.1 Å². The average molecular weight is 637 g/mol. The minimum Gasteiger partial charge on any atom is -0.507 e. The van der Waals surface area contributed by atoms with Gasteiger partial charge in [0.25, 0.3) is 11.8 Å². The molecule has 2 saturated heterocycles. The zero-order valence-electron chi connectivity index (χ0n) is 23.0. The number of amides is 5. The van der Waals surface area contributed by atoms with Gasteiger partial charge >= 0.3 is 6.09 Å². The van der Waals surface area contributed by atoms with Gasteiger partial charge in [0.1, 0.15) is 11.6 Å². The molecule has 12 heteroatoms. The van der Waals surface area contributed by atoms with Crippen molar-refractivity contribution in [1.29, 1.82) is 0 Å². The fourth-order valence-corrected chi connectivity index (χ4v) is 8.45. The van der Waals surface area contributed by atoms with Crippen LogP contribution >= 0.6 is 23.2 Å². The summed E-state index contributed by atoms with van der Waals surface area (Å²) < 4.78 is 18.5. The second-order valence-corrected chi connectivity index (χ2v) is 12.7. The maximum absolute atomic E-state index is 14.4. The number of alkyl halides is 2. The summed E-state index contributed by atoms with van der Waals surface area (Å²) in [6.07, 6.45) is 0.269. The summed E-state index contributed by atoms with van der Waals surface area (Å²) in [7, 11) is 1.05. The number of aromatic hydroxyl groups is 1. The quantitative estimate of drug-likeness (QED) is 0.238. The minimum absolute atomic E-state index is 0.0332. The van der Waals surface area contributed by atoms with E-state index < -0.39 is 69.0 Å². The Labute approximate surface area is 259 Å². The molecule has 6 atom stereocenters. The number of phenolic OH excluding ortho intramolecular Hbond substituents is 1. The maximum atomic E-state index is 14.4. The van der Waals surface area contributed by atoms with Gasteiger partial charge in [-0.1, -0.05) is 48.0 Å². The number of likely N-dealkylation sites (tertiary alicyclic amines) is 1. The second-order valence-electron chi connectivity index (χ2n) is 11.5. The van der Waals surface area contributed by atoms with Crippen molar-refractivity contribution >= 4 is 69.4 Å². The molecule has 0 bridgehead atoms. The van der Waals surface area contributed by atoms with Crippen LogP contribution in [0.2, 0.25) is 0 Å². The lowest BCUT2D eigenvalue weighted by Gasteiger charge is -2.50. The van der Waals surface area contributed by atoms with Crippen LogP contribution in [0.3, 0.4) is 0 Å². The highest BCUT2D eigenvalue weighted by Crippen LogP contribution is 2.66. The molecule has 9 nitrogen and oxygen atoms in total. The van der Waals surface area contributed by atoms with Crippen molar-refractivity contribution in [2.24, 2.45) is 17.8 Å². The number of phenols is 1. The number of ether oxygens (including phenoxy) is 1. The van der Waals surface area contributed by atoms with E-state index in [2.05, 4.69) is 4.74 Å². The lowest BCUT2D eigenvalue weighted by Crippen LogP contribution is -2.60. The molecule has 3 aromatic rings. The van der Waals surface area contributed by atoms with Crippen LogP contribution in [-0.2, 0) is 23.9 Å². The molecule has 2 aliphatic heterocycles. The summed E-state index contributed by atoms with van der Waals surface area (Å²) in [6.45, 7) is 0. The van der Waals surface area contributed by atoms with Gasteiger partial charge in [-0.05, 0) is 48.4 Å². The van der Waals surface area contributed by atoms with Crippen LogP contribution in [0.5, 0.6) is 5.75 Å². The number of methoxy groups -OCH3 is 1. The van der Waals surface area contributed by atoms with E-state index in [0.717, 1.165) is 24.1 Å². The van der Waals surface area contributed by atoms with E-state index in [-0.39, 0.29) is 29.8 Å². The van der Waals surface area contributed by atoms with E-state index in [0.29, 0.717) is 21.2 Å². The molecule has 5 amide bonds. The zero-order chi connectivity index (χ0) is 31.3. The van der Waals surface area contributed by atoms with Gasteiger partial charge in [-0.15, -0.1) is 23.2 Å². The molecule has 1 saturated carbocycles. The Kier molecular flexibility index (Phi) is 6.22. The normalized spacial score (nSPS) is 31.1. The molecule has 0 unspecified atom stereocenters. The Morgan fingerprint density at radius 3 is 2.36 bits per heavy atom. The predicted octanol–water partition coefficient (Wildman–Crippen LogP) is 5.01. The van der Waals surface area contributed by atoms with Crippen LogP contribution in [0.25, 0.3) is 10.8 Å². The first-order valence-electron chi connectivity index (χ1n) is 13.8. The standard InChI is InChI=1S/C32H23Cl2FN2O7/c1-44-30(43)37-26(39)20-13-12-19-22(23(20)27(37)40)14-31(33)28(41)36(17-9-7-16(35)8-10-17)29(42)32(31,34)24(19)21-11-6-15-4-2-3-5-18(15)25(21)38/h2-12,20,22-24,38H,13-14H2,1H3/t20-,22+,23-,24+,31+,32-/m0/s1. The van der Waals surface area contributed by atoms with Gasteiger partial charge in [-0.2, -0.15) is 4.90 Å². The first kappa shape index (κ1) is 28.5. The van der Waals surface area contributed by atoms with E-state index in [4.69, 9.17) is 23.2 Å². The van der Waals surface area contributed by atoms with Crippen LogP contribution in [-0.4, -0.2) is 56.6 Å². The number of allylic oxidation sites excluding steroid dienone is 2. The summed E-state index contributed by atoms with van der Waals surface area (Å²) >= 11 is 14.6. The Bertz CT molecular complexity index is 1860. The van der Waals surface area contributed by atoms with Gasteiger partial charge in [0.2, 0.25) is 11.8 Å². The maximum Gasteiger partial charge on any atom is 0.423 e.